The van der Waals surface area contributed by atoms with Gasteiger partial charge in [0.05, 0.1) is 33.0 Å². The molecule has 0 unspecified atom stereocenters. The molecule has 0 aromatic heterocycles. The SMILES string of the molecule is O=C(c1ccc2c(c1)COC2)N1CCCC2(C1)OCCO2. The molecule has 2 saturated heterocycles. The molecule has 1 aromatic carbocycles. The number of ether oxygens (including phenoxy) is 3. The Morgan fingerprint density at radius 3 is 2.81 bits per heavy atom. The van der Waals surface area contributed by atoms with Crippen molar-refractivity contribution in [2.45, 2.75) is 31.8 Å². The van der Waals surface area contributed by atoms with Crippen molar-refractivity contribution in [2.24, 2.45) is 0 Å². The number of fused-ring (bicyclic) bond motifs is 1. The molecule has 0 aliphatic carbocycles. The highest BCUT2D eigenvalue weighted by atomic mass is 16.7. The van der Waals surface area contributed by atoms with E-state index in [1.54, 1.807) is 0 Å². The third-order valence-electron chi connectivity index (χ3n) is 4.49. The monoisotopic (exact) mass is 289 g/mol. The number of hydrogen-bond donors (Lipinski definition) is 0. The van der Waals surface area contributed by atoms with E-state index >= 15 is 0 Å². The zero-order valence-corrected chi connectivity index (χ0v) is 12.0. The second-order valence-electron chi connectivity index (χ2n) is 5.91. The molecule has 5 nitrogen and oxygen atoms in total. The summed E-state index contributed by atoms with van der Waals surface area (Å²) in [5, 5.41) is 0. The van der Waals surface area contributed by atoms with E-state index in [1.807, 2.05) is 23.1 Å². The summed E-state index contributed by atoms with van der Waals surface area (Å²) in [7, 11) is 0. The van der Waals surface area contributed by atoms with Crippen LogP contribution < -0.4 is 0 Å². The highest BCUT2D eigenvalue weighted by Gasteiger charge is 2.42. The van der Waals surface area contributed by atoms with E-state index in [1.165, 1.54) is 5.56 Å². The molecule has 1 amide bonds. The third kappa shape index (κ3) is 2.35. The highest BCUT2D eigenvalue weighted by molar-refractivity contribution is 5.94. The van der Waals surface area contributed by atoms with Crippen LogP contribution in [0.2, 0.25) is 0 Å². The quantitative estimate of drug-likeness (QED) is 0.789. The number of piperidine rings is 1. The first-order valence-corrected chi connectivity index (χ1v) is 7.53. The van der Waals surface area contributed by atoms with Gasteiger partial charge in [0.2, 0.25) is 0 Å². The molecule has 1 spiro atoms. The molecule has 4 rings (SSSR count). The number of rotatable bonds is 1. The lowest BCUT2D eigenvalue weighted by Crippen LogP contribution is -2.51. The first-order chi connectivity index (χ1) is 10.3. The first-order valence-electron chi connectivity index (χ1n) is 7.53. The molecule has 0 N–H and O–H groups in total. The third-order valence-corrected chi connectivity index (χ3v) is 4.49. The average molecular weight is 289 g/mol. The number of likely N-dealkylation sites (tertiary alicyclic amines) is 1. The Hall–Kier alpha value is -1.43. The molecule has 3 aliphatic rings. The van der Waals surface area contributed by atoms with Gasteiger partial charge in [-0.25, -0.2) is 0 Å². The van der Waals surface area contributed by atoms with Gasteiger partial charge in [0.25, 0.3) is 5.91 Å². The van der Waals surface area contributed by atoms with Gasteiger partial charge in [-0.05, 0) is 29.7 Å². The molecule has 0 saturated carbocycles. The molecular weight excluding hydrogens is 270 g/mol. The van der Waals surface area contributed by atoms with Gasteiger partial charge in [-0.1, -0.05) is 6.07 Å². The van der Waals surface area contributed by atoms with E-state index < -0.39 is 5.79 Å². The van der Waals surface area contributed by atoms with Gasteiger partial charge in [0.15, 0.2) is 5.79 Å². The highest BCUT2D eigenvalue weighted by Crippen LogP contribution is 2.31. The van der Waals surface area contributed by atoms with Gasteiger partial charge >= 0.3 is 0 Å². The molecule has 5 heteroatoms. The van der Waals surface area contributed by atoms with Crippen LogP contribution in [0.15, 0.2) is 18.2 Å². The Balaban J connectivity index is 1.54. The maximum absolute atomic E-state index is 12.7. The topological polar surface area (TPSA) is 48.0 Å². The lowest BCUT2D eigenvalue weighted by Gasteiger charge is -2.38. The fourth-order valence-electron chi connectivity index (χ4n) is 3.38. The molecule has 2 fully saturated rings. The smallest absolute Gasteiger partial charge is 0.254 e. The Labute approximate surface area is 123 Å². The van der Waals surface area contributed by atoms with Crippen LogP contribution in [0.4, 0.5) is 0 Å². The van der Waals surface area contributed by atoms with Crippen LogP contribution in [0.5, 0.6) is 0 Å². The summed E-state index contributed by atoms with van der Waals surface area (Å²) in [5.74, 6) is -0.504. The van der Waals surface area contributed by atoms with Gasteiger partial charge < -0.3 is 19.1 Å². The van der Waals surface area contributed by atoms with Crippen molar-refractivity contribution < 1.29 is 19.0 Å². The summed E-state index contributed by atoms with van der Waals surface area (Å²) in [5.41, 5.74) is 3.04. The molecule has 3 heterocycles. The van der Waals surface area contributed by atoms with E-state index in [0.717, 1.165) is 30.5 Å². The van der Waals surface area contributed by atoms with Crippen molar-refractivity contribution in [1.29, 1.82) is 0 Å². The van der Waals surface area contributed by atoms with Gasteiger partial charge in [-0.2, -0.15) is 0 Å². The number of carbonyl (C=O) groups excluding carboxylic acids is 1. The van der Waals surface area contributed by atoms with Crippen molar-refractivity contribution in [3.63, 3.8) is 0 Å². The maximum atomic E-state index is 12.7. The van der Waals surface area contributed by atoms with Crippen LogP contribution in [0.3, 0.4) is 0 Å². The summed E-state index contributed by atoms with van der Waals surface area (Å²) in [6, 6.07) is 5.85. The summed E-state index contributed by atoms with van der Waals surface area (Å²) in [6.45, 7) is 3.79. The summed E-state index contributed by atoms with van der Waals surface area (Å²) < 4.78 is 16.9. The first kappa shape index (κ1) is 13.2. The van der Waals surface area contributed by atoms with Crippen LogP contribution >= 0.6 is 0 Å². The Morgan fingerprint density at radius 2 is 1.95 bits per heavy atom. The van der Waals surface area contributed by atoms with E-state index in [0.29, 0.717) is 33.0 Å². The molecule has 21 heavy (non-hydrogen) atoms. The van der Waals surface area contributed by atoms with Crippen molar-refractivity contribution in [2.75, 3.05) is 26.3 Å². The predicted octanol–water partition coefficient (Wildman–Crippen LogP) is 1.70. The number of nitrogens with zero attached hydrogens (tertiary/aromatic N) is 1. The van der Waals surface area contributed by atoms with Crippen molar-refractivity contribution >= 4 is 5.91 Å². The Morgan fingerprint density at radius 1 is 1.14 bits per heavy atom. The lowest BCUT2D eigenvalue weighted by molar-refractivity contribution is -0.183. The Bertz CT molecular complexity index is 565. The number of amides is 1. The van der Waals surface area contributed by atoms with Crippen molar-refractivity contribution in [3.8, 4) is 0 Å². The molecule has 0 radical (unpaired) electrons. The zero-order valence-electron chi connectivity index (χ0n) is 12.0. The average Bonchev–Trinajstić information content (AvgIpc) is 3.15. The molecule has 112 valence electrons. The minimum absolute atomic E-state index is 0.0582. The Kier molecular flexibility index (Phi) is 3.21. The molecule has 0 atom stereocenters. The van der Waals surface area contributed by atoms with Crippen LogP contribution in [0.25, 0.3) is 0 Å². The van der Waals surface area contributed by atoms with Gasteiger partial charge in [0.1, 0.15) is 0 Å². The number of carbonyl (C=O) groups is 1. The summed E-state index contributed by atoms with van der Waals surface area (Å²) in [6.07, 6.45) is 1.79. The fourth-order valence-corrected chi connectivity index (χ4v) is 3.38. The summed E-state index contributed by atoms with van der Waals surface area (Å²) >= 11 is 0. The molecule has 1 aromatic rings. The number of benzene rings is 1. The van der Waals surface area contributed by atoms with E-state index in [4.69, 9.17) is 14.2 Å². The maximum Gasteiger partial charge on any atom is 0.254 e. The fraction of sp³-hybridized carbons (Fsp3) is 0.562. The van der Waals surface area contributed by atoms with E-state index in [9.17, 15) is 4.79 Å². The molecule has 3 aliphatic heterocycles. The predicted molar refractivity (Wildman–Crippen MR) is 74.7 cm³/mol. The minimum atomic E-state index is -0.562. The second kappa shape index (κ2) is 5.09. The normalized spacial score (nSPS) is 23.5. The van der Waals surface area contributed by atoms with Crippen LogP contribution in [-0.2, 0) is 27.4 Å². The van der Waals surface area contributed by atoms with Gasteiger partial charge in [-0.15, -0.1) is 0 Å². The van der Waals surface area contributed by atoms with Crippen molar-refractivity contribution in [3.05, 3.63) is 34.9 Å². The minimum Gasteiger partial charge on any atom is -0.372 e. The number of hydrogen-bond acceptors (Lipinski definition) is 4. The van der Waals surface area contributed by atoms with Crippen LogP contribution in [-0.4, -0.2) is 42.9 Å². The lowest BCUT2D eigenvalue weighted by atomic mass is 10.0. The zero-order chi connectivity index (χ0) is 14.3. The van der Waals surface area contributed by atoms with Gasteiger partial charge in [0, 0.05) is 18.5 Å². The second-order valence-corrected chi connectivity index (χ2v) is 5.91. The van der Waals surface area contributed by atoms with Gasteiger partial charge in [-0.3, -0.25) is 4.79 Å². The molecule has 0 bridgehead atoms. The van der Waals surface area contributed by atoms with E-state index in [-0.39, 0.29) is 5.91 Å². The van der Waals surface area contributed by atoms with Crippen LogP contribution in [0.1, 0.15) is 34.3 Å². The largest absolute Gasteiger partial charge is 0.372 e. The summed E-state index contributed by atoms with van der Waals surface area (Å²) in [4.78, 5) is 14.6. The van der Waals surface area contributed by atoms with E-state index in [2.05, 4.69) is 0 Å². The van der Waals surface area contributed by atoms with Crippen LogP contribution in [0, 0.1) is 0 Å². The molecular formula is C16H19NO4. The standard InChI is InChI=1S/C16H19NO4/c18-15(12-2-3-13-9-19-10-14(13)8-12)17-5-1-4-16(11-17)20-6-7-21-16/h2-3,8H,1,4-7,9-11H2. The van der Waals surface area contributed by atoms with Crippen molar-refractivity contribution in [1.82, 2.24) is 4.90 Å².